The summed E-state index contributed by atoms with van der Waals surface area (Å²) in [4.78, 5) is 44.5. The monoisotopic (exact) mass is 579 g/mol. The molecule has 3 fully saturated rings. The summed E-state index contributed by atoms with van der Waals surface area (Å²) in [7, 11) is 0. The van der Waals surface area contributed by atoms with Crippen LogP contribution in [0.5, 0.6) is 0 Å². The van der Waals surface area contributed by atoms with Gasteiger partial charge in [0.15, 0.2) is 0 Å². The lowest BCUT2D eigenvalue weighted by Gasteiger charge is -2.34. The highest BCUT2D eigenvalue weighted by Gasteiger charge is 2.72. The number of hydrogen-bond acceptors (Lipinski definition) is 5. The number of carbonyl (C=O) groups excluding carboxylic acids is 3. The summed E-state index contributed by atoms with van der Waals surface area (Å²) < 4.78 is 6.47. The Bertz CT molecular complexity index is 1330. The Labute approximate surface area is 244 Å². The Hall–Kier alpha value is -2.81. The molecule has 5 atom stereocenters. The Morgan fingerprint density at radius 1 is 1.10 bits per heavy atom. The molecule has 3 aliphatic heterocycles. The maximum atomic E-state index is 14.1. The summed E-state index contributed by atoms with van der Waals surface area (Å²) in [6.45, 7) is 0.341. The van der Waals surface area contributed by atoms with Crippen molar-refractivity contribution < 1.29 is 19.1 Å². The average Bonchev–Trinajstić information content (AvgIpc) is 3.60. The molecule has 40 heavy (non-hydrogen) atoms. The number of benzene rings is 2. The van der Waals surface area contributed by atoms with Crippen LogP contribution in [0.25, 0.3) is 0 Å². The zero-order chi connectivity index (χ0) is 27.9. The molecular formula is C31H34ClN3O4S. The molecule has 1 spiro atoms. The van der Waals surface area contributed by atoms with Crippen LogP contribution < -0.4 is 10.6 Å². The summed E-state index contributed by atoms with van der Waals surface area (Å²) in [6, 6.07) is 14.4. The number of carbonyl (C=O) groups is 3. The third kappa shape index (κ3) is 4.95. The minimum atomic E-state index is -1.16. The highest BCUT2D eigenvalue weighted by atomic mass is 35.5. The normalized spacial score (nSPS) is 29.1. The van der Waals surface area contributed by atoms with Crippen molar-refractivity contribution in [1.82, 2.24) is 10.2 Å². The number of thioether (sulfide) groups is 1. The summed E-state index contributed by atoms with van der Waals surface area (Å²) in [6.07, 6.45) is 10.9. The van der Waals surface area contributed by atoms with E-state index in [2.05, 4.69) is 10.6 Å². The van der Waals surface area contributed by atoms with E-state index >= 15 is 0 Å². The molecular weight excluding hydrogens is 546 g/mol. The van der Waals surface area contributed by atoms with E-state index in [1.807, 2.05) is 66.9 Å². The number of ether oxygens (including phenoxy) is 1. The minimum Gasteiger partial charge on any atom is -0.359 e. The molecule has 6 rings (SSSR count). The van der Waals surface area contributed by atoms with Crippen LogP contribution in [0.1, 0.15) is 37.7 Å². The van der Waals surface area contributed by atoms with Crippen LogP contribution in [0.15, 0.2) is 65.6 Å². The molecule has 0 radical (unpaired) electrons. The molecule has 3 heterocycles. The molecule has 2 aromatic rings. The van der Waals surface area contributed by atoms with Crippen molar-refractivity contribution in [2.24, 2.45) is 11.8 Å². The van der Waals surface area contributed by atoms with E-state index in [0.717, 1.165) is 36.1 Å². The van der Waals surface area contributed by atoms with Crippen molar-refractivity contribution in [2.45, 2.75) is 67.2 Å². The quantitative estimate of drug-likeness (QED) is 0.345. The number of fused-ring (bicyclic) bond motifs is 1. The molecule has 4 aliphatic rings. The summed E-state index contributed by atoms with van der Waals surface area (Å²) in [5, 5.41) is 6.89. The number of halogens is 1. The molecule has 9 heteroatoms. The van der Waals surface area contributed by atoms with Gasteiger partial charge in [0.05, 0.1) is 17.9 Å². The van der Waals surface area contributed by atoms with Crippen LogP contribution in [0.3, 0.4) is 0 Å². The SMILES string of the molecule is CSc1cccc(NC(=O)C2[C@@H]3C=CC4(O3)C(C(=O)NC3CCCCC3)N(CCc3ccc(Cl)cc3)C(=O)[C@H]24)c1. The van der Waals surface area contributed by atoms with Crippen molar-refractivity contribution in [3.8, 4) is 0 Å². The summed E-state index contributed by atoms with van der Waals surface area (Å²) in [5.41, 5.74) is 0.528. The fourth-order valence-electron chi connectivity index (χ4n) is 6.86. The first kappa shape index (κ1) is 27.4. The van der Waals surface area contributed by atoms with E-state index in [0.29, 0.717) is 23.7 Å². The lowest BCUT2D eigenvalue weighted by Crippen LogP contribution is -2.56. The van der Waals surface area contributed by atoms with Crippen LogP contribution in [0.2, 0.25) is 5.02 Å². The van der Waals surface area contributed by atoms with Crippen LogP contribution in [0, 0.1) is 11.8 Å². The van der Waals surface area contributed by atoms with Gasteiger partial charge >= 0.3 is 0 Å². The number of nitrogens with zero attached hydrogens (tertiary/aromatic N) is 1. The first-order chi connectivity index (χ1) is 19.4. The van der Waals surface area contributed by atoms with Crippen molar-refractivity contribution in [3.05, 3.63) is 71.3 Å². The zero-order valence-corrected chi connectivity index (χ0v) is 24.0. The first-order valence-electron chi connectivity index (χ1n) is 14.1. The molecule has 2 saturated heterocycles. The highest BCUT2D eigenvalue weighted by Crippen LogP contribution is 2.55. The maximum absolute atomic E-state index is 14.1. The fourth-order valence-corrected chi connectivity index (χ4v) is 7.45. The first-order valence-corrected chi connectivity index (χ1v) is 15.7. The smallest absolute Gasteiger partial charge is 0.246 e. The number of anilines is 1. The predicted octanol–water partition coefficient (Wildman–Crippen LogP) is 4.84. The topological polar surface area (TPSA) is 87.7 Å². The van der Waals surface area contributed by atoms with E-state index in [9.17, 15) is 14.4 Å². The third-order valence-electron chi connectivity index (χ3n) is 8.77. The van der Waals surface area contributed by atoms with Crippen molar-refractivity contribution >= 4 is 46.8 Å². The van der Waals surface area contributed by atoms with E-state index in [-0.39, 0.29) is 23.8 Å². The number of nitrogens with one attached hydrogen (secondary N) is 2. The van der Waals surface area contributed by atoms with Gasteiger partial charge in [0.25, 0.3) is 0 Å². The van der Waals surface area contributed by atoms with Crippen LogP contribution >= 0.6 is 23.4 Å². The molecule has 7 nitrogen and oxygen atoms in total. The van der Waals surface area contributed by atoms with Gasteiger partial charge in [0.2, 0.25) is 17.7 Å². The van der Waals surface area contributed by atoms with Crippen molar-refractivity contribution in [3.63, 3.8) is 0 Å². The molecule has 2 bridgehead atoms. The van der Waals surface area contributed by atoms with Crippen LogP contribution in [-0.4, -0.2) is 59.2 Å². The predicted molar refractivity (Wildman–Crippen MR) is 156 cm³/mol. The maximum Gasteiger partial charge on any atom is 0.246 e. The standard InChI is InChI=1S/C31H34ClN3O4S/c1-40-23-9-5-8-22(18-23)34-28(36)25-24-14-16-31(39-24)26(25)30(38)35(17-15-19-10-12-20(32)13-11-19)27(31)29(37)33-21-6-3-2-4-7-21/h5,8-14,16,18,21,24-27H,2-4,6-7,15,17H2,1H3,(H,33,37)(H,34,36)/t24-,25?,26-,27?,31?/m0/s1. The Morgan fingerprint density at radius 3 is 2.62 bits per heavy atom. The lowest BCUT2D eigenvalue weighted by atomic mass is 9.74. The van der Waals surface area contributed by atoms with E-state index < -0.39 is 29.6 Å². The third-order valence-corrected chi connectivity index (χ3v) is 9.75. The number of rotatable bonds is 8. The van der Waals surface area contributed by atoms with Crippen molar-refractivity contribution in [1.29, 1.82) is 0 Å². The largest absolute Gasteiger partial charge is 0.359 e. The van der Waals surface area contributed by atoms with E-state index in [1.165, 1.54) is 6.42 Å². The van der Waals surface area contributed by atoms with E-state index in [1.54, 1.807) is 16.7 Å². The fraction of sp³-hybridized carbons (Fsp3) is 0.452. The second-order valence-corrected chi connectivity index (χ2v) is 12.5. The van der Waals surface area contributed by atoms with Gasteiger partial charge in [-0.05, 0) is 61.4 Å². The molecule has 2 aromatic carbocycles. The lowest BCUT2D eigenvalue weighted by molar-refractivity contribution is -0.141. The minimum absolute atomic E-state index is 0.0929. The van der Waals surface area contributed by atoms with E-state index in [4.69, 9.17) is 16.3 Å². The van der Waals surface area contributed by atoms with Crippen LogP contribution in [-0.2, 0) is 25.5 Å². The molecule has 0 aromatic heterocycles. The second-order valence-electron chi connectivity index (χ2n) is 11.2. The van der Waals surface area contributed by atoms with Gasteiger partial charge in [0, 0.05) is 28.2 Å². The van der Waals surface area contributed by atoms with Gasteiger partial charge in [-0.1, -0.05) is 61.2 Å². The number of amides is 3. The molecule has 1 saturated carbocycles. The zero-order valence-electron chi connectivity index (χ0n) is 22.5. The average molecular weight is 580 g/mol. The Morgan fingerprint density at radius 2 is 1.88 bits per heavy atom. The molecule has 3 amide bonds. The van der Waals surface area contributed by atoms with Gasteiger partial charge in [-0.2, -0.15) is 0 Å². The number of likely N-dealkylation sites (tertiary alicyclic amines) is 1. The Kier molecular flexibility index (Phi) is 7.68. The summed E-state index contributed by atoms with van der Waals surface area (Å²) >= 11 is 7.66. The molecule has 2 N–H and O–H groups in total. The Balaban J connectivity index is 1.28. The van der Waals surface area contributed by atoms with Gasteiger partial charge in [-0.3, -0.25) is 14.4 Å². The highest BCUT2D eigenvalue weighted by molar-refractivity contribution is 7.98. The molecule has 1 aliphatic carbocycles. The van der Waals surface area contributed by atoms with Crippen molar-refractivity contribution in [2.75, 3.05) is 18.1 Å². The molecule has 210 valence electrons. The summed E-state index contributed by atoms with van der Waals surface area (Å²) in [5.74, 6) is -2.15. The van der Waals surface area contributed by atoms with Crippen LogP contribution in [0.4, 0.5) is 5.69 Å². The van der Waals surface area contributed by atoms with Gasteiger partial charge in [-0.25, -0.2) is 0 Å². The molecule has 3 unspecified atom stereocenters. The van der Waals surface area contributed by atoms with Gasteiger partial charge < -0.3 is 20.3 Å². The number of hydrogen-bond donors (Lipinski definition) is 2. The van der Waals surface area contributed by atoms with Gasteiger partial charge in [0.1, 0.15) is 11.6 Å². The van der Waals surface area contributed by atoms with Gasteiger partial charge in [-0.15, -0.1) is 11.8 Å². The second kappa shape index (κ2) is 11.2.